The summed E-state index contributed by atoms with van der Waals surface area (Å²) in [5, 5.41) is 2.43. The van der Waals surface area contributed by atoms with Gasteiger partial charge in [-0.2, -0.15) is 0 Å². The summed E-state index contributed by atoms with van der Waals surface area (Å²) in [5.74, 6) is -0.397. The Labute approximate surface area is 156 Å². The first-order chi connectivity index (χ1) is 12.5. The SMILES string of the molecule is CCN(CCOC)Cc1ccc(CN(C)CC2CCC(=O)NC2=O)cc1. The molecule has 1 heterocycles. The summed E-state index contributed by atoms with van der Waals surface area (Å²) in [4.78, 5) is 27.6. The first kappa shape index (κ1) is 20.6. The second kappa shape index (κ2) is 10.4. The lowest BCUT2D eigenvalue weighted by atomic mass is 9.97. The molecule has 1 fully saturated rings. The Hall–Kier alpha value is -1.76. The third-order valence-corrected chi connectivity index (χ3v) is 4.83. The monoisotopic (exact) mass is 361 g/mol. The van der Waals surface area contributed by atoms with E-state index < -0.39 is 0 Å². The molecule has 6 heteroatoms. The molecule has 0 bridgehead atoms. The number of hydrogen-bond donors (Lipinski definition) is 1. The second-order valence-corrected chi connectivity index (χ2v) is 7.02. The van der Waals surface area contributed by atoms with E-state index in [9.17, 15) is 9.59 Å². The molecule has 1 unspecified atom stereocenters. The van der Waals surface area contributed by atoms with Gasteiger partial charge in [0.05, 0.1) is 12.5 Å². The number of carbonyl (C=O) groups is 2. The molecule has 144 valence electrons. The fourth-order valence-corrected chi connectivity index (χ4v) is 3.24. The van der Waals surface area contributed by atoms with Crippen LogP contribution in [-0.4, -0.2) is 62.0 Å². The van der Waals surface area contributed by atoms with E-state index in [4.69, 9.17) is 4.74 Å². The molecule has 0 radical (unpaired) electrons. The molecule has 1 aromatic rings. The van der Waals surface area contributed by atoms with Gasteiger partial charge in [-0.3, -0.25) is 19.8 Å². The fraction of sp³-hybridized carbons (Fsp3) is 0.600. The van der Waals surface area contributed by atoms with Gasteiger partial charge in [0, 0.05) is 39.7 Å². The van der Waals surface area contributed by atoms with Crippen molar-refractivity contribution in [1.82, 2.24) is 15.1 Å². The molecule has 0 aliphatic carbocycles. The Kier molecular flexibility index (Phi) is 8.22. The van der Waals surface area contributed by atoms with E-state index >= 15 is 0 Å². The van der Waals surface area contributed by atoms with Gasteiger partial charge in [-0.25, -0.2) is 0 Å². The van der Waals surface area contributed by atoms with Crippen LogP contribution < -0.4 is 5.32 Å². The molecule has 1 N–H and O–H groups in total. The van der Waals surface area contributed by atoms with E-state index in [1.54, 1.807) is 7.11 Å². The molecule has 1 aromatic carbocycles. The summed E-state index contributed by atoms with van der Waals surface area (Å²) >= 11 is 0. The Bertz CT molecular complexity index is 588. The van der Waals surface area contributed by atoms with Crippen molar-refractivity contribution in [3.63, 3.8) is 0 Å². The van der Waals surface area contributed by atoms with Crippen LogP contribution in [-0.2, 0) is 27.4 Å². The highest BCUT2D eigenvalue weighted by atomic mass is 16.5. The van der Waals surface area contributed by atoms with Crippen molar-refractivity contribution >= 4 is 11.8 Å². The first-order valence-electron chi connectivity index (χ1n) is 9.33. The molecule has 1 aliphatic heterocycles. The van der Waals surface area contributed by atoms with Crippen LogP contribution in [0.5, 0.6) is 0 Å². The molecule has 0 aromatic heterocycles. The number of ether oxygens (including phenoxy) is 1. The van der Waals surface area contributed by atoms with E-state index in [2.05, 4.69) is 46.3 Å². The zero-order chi connectivity index (χ0) is 18.9. The van der Waals surface area contributed by atoms with Gasteiger partial charge >= 0.3 is 0 Å². The average molecular weight is 361 g/mol. The lowest BCUT2D eigenvalue weighted by Crippen LogP contribution is -2.44. The van der Waals surface area contributed by atoms with Gasteiger partial charge in [-0.05, 0) is 31.1 Å². The zero-order valence-electron chi connectivity index (χ0n) is 16.2. The molecule has 2 rings (SSSR count). The number of carbonyl (C=O) groups excluding carboxylic acids is 2. The molecule has 0 saturated carbocycles. The van der Waals surface area contributed by atoms with Crippen LogP contribution >= 0.6 is 0 Å². The molecule has 1 aliphatic rings. The highest BCUT2D eigenvalue weighted by Crippen LogP contribution is 2.15. The van der Waals surface area contributed by atoms with E-state index in [-0.39, 0.29) is 17.7 Å². The first-order valence-corrected chi connectivity index (χ1v) is 9.33. The normalized spacial score (nSPS) is 17.8. The summed E-state index contributed by atoms with van der Waals surface area (Å²) < 4.78 is 5.16. The van der Waals surface area contributed by atoms with Crippen LogP contribution in [0.3, 0.4) is 0 Å². The number of imide groups is 1. The highest BCUT2D eigenvalue weighted by Gasteiger charge is 2.27. The van der Waals surface area contributed by atoms with Gasteiger partial charge in [0.2, 0.25) is 11.8 Å². The Morgan fingerprint density at radius 1 is 1.15 bits per heavy atom. The molecular formula is C20H31N3O3. The fourth-order valence-electron chi connectivity index (χ4n) is 3.24. The van der Waals surface area contributed by atoms with Crippen molar-refractivity contribution in [2.45, 2.75) is 32.9 Å². The van der Waals surface area contributed by atoms with Gasteiger partial charge < -0.3 is 9.64 Å². The quantitative estimate of drug-likeness (QED) is 0.642. The maximum absolute atomic E-state index is 11.9. The number of nitrogens with one attached hydrogen (secondary N) is 1. The smallest absolute Gasteiger partial charge is 0.230 e. The number of rotatable bonds is 10. The van der Waals surface area contributed by atoms with Crippen molar-refractivity contribution in [2.24, 2.45) is 5.92 Å². The number of likely N-dealkylation sites (N-methyl/N-ethyl adjacent to an activating group) is 1. The average Bonchev–Trinajstić information content (AvgIpc) is 2.62. The van der Waals surface area contributed by atoms with E-state index in [1.165, 1.54) is 11.1 Å². The van der Waals surface area contributed by atoms with Crippen molar-refractivity contribution in [2.75, 3.05) is 40.4 Å². The molecule has 2 amide bonds. The van der Waals surface area contributed by atoms with Gasteiger partial charge in [0.25, 0.3) is 0 Å². The molecule has 6 nitrogen and oxygen atoms in total. The Morgan fingerprint density at radius 3 is 2.38 bits per heavy atom. The number of benzene rings is 1. The van der Waals surface area contributed by atoms with E-state index in [1.807, 2.05) is 7.05 Å². The van der Waals surface area contributed by atoms with Gasteiger partial charge in [0.1, 0.15) is 0 Å². The summed E-state index contributed by atoms with van der Waals surface area (Å²) in [7, 11) is 3.75. The van der Waals surface area contributed by atoms with Crippen molar-refractivity contribution in [3.8, 4) is 0 Å². The van der Waals surface area contributed by atoms with Gasteiger partial charge in [-0.15, -0.1) is 0 Å². The topological polar surface area (TPSA) is 61.9 Å². The van der Waals surface area contributed by atoms with Crippen LogP contribution in [0, 0.1) is 5.92 Å². The molecule has 1 atom stereocenters. The van der Waals surface area contributed by atoms with Crippen molar-refractivity contribution < 1.29 is 14.3 Å². The molecule has 0 spiro atoms. The minimum absolute atomic E-state index is 0.101. The molecular weight excluding hydrogens is 330 g/mol. The van der Waals surface area contributed by atoms with Gasteiger partial charge in [-0.1, -0.05) is 31.2 Å². The number of amides is 2. The second-order valence-electron chi connectivity index (χ2n) is 7.02. The van der Waals surface area contributed by atoms with Crippen LogP contribution in [0.4, 0.5) is 0 Å². The van der Waals surface area contributed by atoms with Crippen LogP contribution in [0.25, 0.3) is 0 Å². The maximum atomic E-state index is 11.9. The summed E-state index contributed by atoms with van der Waals surface area (Å²) in [6, 6.07) is 8.65. The van der Waals surface area contributed by atoms with E-state index in [0.29, 0.717) is 19.4 Å². The Balaban J connectivity index is 1.82. The zero-order valence-corrected chi connectivity index (χ0v) is 16.2. The summed E-state index contributed by atoms with van der Waals surface area (Å²) in [6.45, 7) is 7.22. The standard InChI is InChI=1S/C20H31N3O3/c1-4-23(11-12-26-3)14-17-7-5-16(6-8-17)13-22(2)15-18-9-10-19(24)21-20(18)25/h5-8,18H,4,9-15H2,1-3H3,(H,21,24,25). The number of nitrogens with zero attached hydrogens (tertiary/aromatic N) is 2. The predicted octanol–water partition coefficient (Wildman–Crippen LogP) is 1.64. The van der Waals surface area contributed by atoms with Crippen molar-refractivity contribution in [3.05, 3.63) is 35.4 Å². The summed E-state index contributed by atoms with van der Waals surface area (Å²) in [5.41, 5.74) is 2.52. The third kappa shape index (κ3) is 6.52. The largest absolute Gasteiger partial charge is 0.383 e. The number of piperidine rings is 1. The third-order valence-electron chi connectivity index (χ3n) is 4.83. The number of hydrogen-bond acceptors (Lipinski definition) is 5. The minimum Gasteiger partial charge on any atom is -0.383 e. The lowest BCUT2D eigenvalue weighted by molar-refractivity contribution is -0.136. The predicted molar refractivity (Wildman–Crippen MR) is 101 cm³/mol. The molecule has 1 saturated heterocycles. The highest BCUT2D eigenvalue weighted by molar-refractivity contribution is 5.98. The molecule has 26 heavy (non-hydrogen) atoms. The van der Waals surface area contributed by atoms with E-state index in [0.717, 1.165) is 32.8 Å². The van der Waals surface area contributed by atoms with Crippen molar-refractivity contribution in [1.29, 1.82) is 0 Å². The summed E-state index contributed by atoms with van der Waals surface area (Å²) in [6.07, 6.45) is 1.08. The lowest BCUT2D eigenvalue weighted by Gasteiger charge is -2.26. The maximum Gasteiger partial charge on any atom is 0.230 e. The van der Waals surface area contributed by atoms with Gasteiger partial charge in [0.15, 0.2) is 0 Å². The number of methoxy groups -OCH3 is 1. The van der Waals surface area contributed by atoms with Crippen LogP contribution in [0.15, 0.2) is 24.3 Å². The van der Waals surface area contributed by atoms with Crippen LogP contribution in [0.1, 0.15) is 30.9 Å². The Morgan fingerprint density at radius 2 is 1.81 bits per heavy atom. The van der Waals surface area contributed by atoms with Crippen LogP contribution in [0.2, 0.25) is 0 Å². The minimum atomic E-state index is -0.156.